The van der Waals surface area contributed by atoms with Crippen LogP contribution in [0.3, 0.4) is 0 Å². The third-order valence-corrected chi connectivity index (χ3v) is 1.37. The normalized spacial score (nSPS) is 17.7. The first-order valence-electron chi connectivity index (χ1n) is 3.30. The van der Waals surface area contributed by atoms with Crippen molar-refractivity contribution in [3.05, 3.63) is 23.9 Å². The molecule has 3 heteroatoms. The van der Waals surface area contributed by atoms with E-state index < -0.39 is 0 Å². The van der Waals surface area contributed by atoms with Gasteiger partial charge in [-0.25, -0.2) is 0 Å². The molecule has 11 heavy (non-hydrogen) atoms. The highest BCUT2D eigenvalue weighted by Crippen LogP contribution is 2.00. The minimum atomic E-state index is 0.0144. The lowest BCUT2D eigenvalue weighted by molar-refractivity contribution is -0.115. The molecule has 0 aromatic rings. The van der Waals surface area contributed by atoms with Crippen molar-refractivity contribution < 1.29 is 9.59 Å². The molecule has 1 heterocycles. The Hall–Kier alpha value is -1.38. The summed E-state index contributed by atoms with van der Waals surface area (Å²) in [5, 5.41) is 0. The van der Waals surface area contributed by atoms with E-state index in [4.69, 9.17) is 0 Å². The lowest BCUT2D eigenvalue weighted by Gasteiger charge is -2.09. The highest BCUT2D eigenvalue weighted by atomic mass is 16.1. The Balaban J connectivity index is 2.85. The van der Waals surface area contributed by atoms with E-state index in [1.165, 1.54) is 12.2 Å². The summed E-state index contributed by atoms with van der Waals surface area (Å²) in [6.07, 6.45) is 5.32. The summed E-state index contributed by atoms with van der Waals surface area (Å²) in [6.45, 7) is 0.341. The highest BCUT2D eigenvalue weighted by Gasteiger charge is 2.04. The minimum absolute atomic E-state index is 0.0144. The predicted octanol–water partition coefficient (Wildman–Crippen LogP) is 0.140. The molecule has 0 saturated carbocycles. The maximum absolute atomic E-state index is 10.9. The summed E-state index contributed by atoms with van der Waals surface area (Å²) in [5.74, 6) is 0.0144. The Kier molecular flexibility index (Phi) is 2.21. The van der Waals surface area contributed by atoms with Crippen LogP contribution in [-0.4, -0.2) is 30.6 Å². The summed E-state index contributed by atoms with van der Waals surface area (Å²) in [5.41, 5.74) is 0.526. The van der Waals surface area contributed by atoms with E-state index >= 15 is 0 Å². The third kappa shape index (κ3) is 2.04. The van der Waals surface area contributed by atoms with Crippen LogP contribution in [0, 0.1) is 0 Å². The zero-order chi connectivity index (χ0) is 8.27. The first kappa shape index (κ1) is 7.72. The molecule has 0 saturated heterocycles. The molecule has 0 N–H and O–H groups in total. The van der Waals surface area contributed by atoms with Gasteiger partial charge >= 0.3 is 0 Å². The molecule has 0 aromatic carbocycles. The van der Waals surface area contributed by atoms with Crippen molar-refractivity contribution in [2.45, 2.75) is 0 Å². The van der Waals surface area contributed by atoms with Gasteiger partial charge in [-0.1, -0.05) is 0 Å². The van der Waals surface area contributed by atoms with Crippen LogP contribution in [0.25, 0.3) is 0 Å². The molecule has 1 aliphatic rings. The van der Waals surface area contributed by atoms with Gasteiger partial charge in [0.2, 0.25) is 0 Å². The van der Waals surface area contributed by atoms with Gasteiger partial charge in [-0.15, -0.1) is 0 Å². The molecule has 0 aromatic heterocycles. The molecule has 0 fully saturated rings. The second-order valence-electron chi connectivity index (χ2n) is 2.46. The number of likely N-dealkylation sites (N-methyl/N-ethyl adjacent to an activating group) is 1. The second kappa shape index (κ2) is 3.14. The number of carbonyl (C=O) groups excluding carboxylic acids is 2. The van der Waals surface area contributed by atoms with Crippen molar-refractivity contribution >= 4 is 12.1 Å². The zero-order valence-corrected chi connectivity index (χ0v) is 6.28. The van der Waals surface area contributed by atoms with Crippen molar-refractivity contribution in [1.29, 1.82) is 0 Å². The maximum atomic E-state index is 10.9. The average Bonchev–Trinajstić information content (AvgIpc) is 2.11. The number of aldehydes is 1. The van der Waals surface area contributed by atoms with Crippen molar-refractivity contribution in [2.24, 2.45) is 0 Å². The van der Waals surface area contributed by atoms with Gasteiger partial charge in [0, 0.05) is 18.8 Å². The predicted molar refractivity (Wildman–Crippen MR) is 40.9 cm³/mol. The van der Waals surface area contributed by atoms with Crippen LogP contribution < -0.4 is 0 Å². The van der Waals surface area contributed by atoms with E-state index in [1.807, 2.05) is 0 Å². The summed E-state index contributed by atoms with van der Waals surface area (Å²) in [4.78, 5) is 22.9. The van der Waals surface area contributed by atoms with Crippen LogP contribution in [0.2, 0.25) is 0 Å². The summed E-state index contributed by atoms with van der Waals surface area (Å²) < 4.78 is 0. The number of hydrogen-bond acceptors (Lipinski definition) is 3. The summed E-state index contributed by atoms with van der Waals surface area (Å²) in [6, 6.07) is 0. The van der Waals surface area contributed by atoms with Crippen LogP contribution in [0.5, 0.6) is 0 Å². The van der Waals surface area contributed by atoms with Gasteiger partial charge in [0.15, 0.2) is 12.1 Å². The van der Waals surface area contributed by atoms with Crippen LogP contribution in [0.1, 0.15) is 0 Å². The van der Waals surface area contributed by atoms with Gasteiger partial charge in [-0.2, -0.15) is 0 Å². The van der Waals surface area contributed by atoms with E-state index in [2.05, 4.69) is 0 Å². The molecular formula is C8H9NO2. The van der Waals surface area contributed by atoms with E-state index in [1.54, 1.807) is 18.1 Å². The van der Waals surface area contributed by atoms with Gasteiger partial charge in [0.1, 0.15) is 0 Å². The molecule has 58 valence electrons. The highest BCUT2D eigenvalue weighted by molar-refractivity contribution is 5.94. The van der Waals surface area contributed by atoms with Crippen molar-refractivity contribution in [3.63, 3.8) is 0 Å². The van der Waals surface area contributed by atoms with Gasteiger partial charge in [0.05, 0.1) is 6.54 Å². The van der Waals surface area contributed by atoms with E-state index in [9.17, 15) is 9.59 Å². The first-order valence-corrected chi connectivity index (χ1v) is 3.30. The molecule has 0 aliphatic carbocycles. The Morgan fingerprint density at radius 1 is 1.55 bits per heavy atom. The van der Waals surface area contributed by atoms with Gasteiger partial charge in [-0.05, 0) is 12.2 Å². The smallest absolute Gasteiger partial charge is 0.174 e. The molecular weight excluding hydrogens is 142 g/mol. The van der Waals surface area contributed by atoms with Crippen molar-refractivity contribution in [2.75, 3.05) is 13.6 Å². The Bertz CT molecular complexity index is 240. The Labute approximate surface area is 65.0 Å². The monoisotopic (exact) mass is 151 g/mol. The van der Waals surface area contributed by atoms with Crippen LogP contribution in [0.4, 0.5) is 0 Å². The lowest BCUT2D eigenvalue weighted by Crippen LogP contribution is -2.18. The van der Waals surface area contributed by atoms with Crippen molar-refractivity contribution in [3.8, 4) is 0 Å². The minimum Gasteiger partial charge on any atom is -0.372 e. The van der Waals surface area contributed by atoms with E-state index in [-0.39, 0.29) is 5.78 Å². The molecule has 3 nitrogen and oxygen atoms in total. The van der Waals surface area contributed by atoms with E-state index in [0.29, 0.717) is 12.1 Å². The molecule has 0 unspecified atom stereocenters. The zero-order valence-electron chi connectivity index (χ0n) is 6.28. The van der Waals surface area contributed by atoms with Gasteiger partial charge < -0.3 is 4.90 Å². The Morgan fingerprint density at radius 2 is 2.27 bits per heavy atom. The number of hydrogen-bond donors (Lipinski definition) is 0. The Morgan fingerprint density at radius 3 is 2.91 bits per heavy atom. The molecule has 0 bridgehead atoms. The van der Waals surface area contributed by atoms with Crippen LogP contribution >= 0.6 is 0 Å². The number of ketones is 1. The third-order valence-electron chi connectivity index (χ3n) is 1.37. The van der Waals surface area contributed by atoms with Gasteiger partial charge in [-0.3, -0.25) is 9.59 Å². The number of nitrogens with zero attached hydrogens (tertiary/aromatic N) is 1. The lowest BCUT2D eigenvalue weighted by atomic mass is 10.3. The van der Waals surface area contributed by atoms with Crippen molar-refractivity contribution in [1.82, 2.24) is 4.90 Å². The van der Waals surface area contributed by atoms with E-state index in [0.717, 1.165) is 6.29 Å². The van der Waals surface area contributed by atoms with Gasteiger partial charge in [0.25, 0.3) is 0 Å². The molecule has 0 atom stereocenters. The molecule has 0 amide bonds. The fraction of sp³-hybridized carbons (Fsp3) is 0.250. The topological polar surface area (TPSA) is 37.4 Å². The fourth-order valence-corrected chi connectivity index (χ4v) is 0.901. The standard InChI is InChI=1S/C8H9NO2/c1-9-4-7(6-10)2-3-8(11)5-9/h2-4,6H,5H2,1H3. The molecule has 1 rings (SSSR count). The molecule has 0 spiro atoms. The maximum Gasteiger partial charge on any atom is 0.174 e. The first-order chi connectivity index (χ1) is 5.22. The quantitative estimate of drug-likeness (QED) is 0.500. The molecule has 1 aliphatic heterocycles. The largest absolute Gasteiger partial charge is 0.372 e. The molecule has 0 radical (unpaired) electrons. The number of rotatable bonds is 1. The van der Waals surface area contributed by atoms with Crippen LogP contribution in [0.15, 0.2) is 23.9 Å². The fourth-order valence-electron chi connectivity index (χ4n) is 0.901. The second-order valence-corrected chi connectivity index (χ2v) is 2.46. The number of carbonyl (C=O) groups is 2. The van der Waals surface area contributed by atoms with Crippen LogP contribution in [-0.2, 0) is 9.59 Å². The average molecular weight is 151 g/mol. The summed E-state index contributed by atoms with van der Waals surface area (Å²) in [7, 11) is 1.76. The summed E-state index contributed by atoms with van der Waals surface area (Å²) >= 11 is 0. The SMILES string of the molecule is CN1C=C(C=O)C=CC(=O)C1. The number of allylic oxidation sites excluding steroid dienone is 2.